The van der Waals surface area contributed by atoms with Gasteiger partial charge in [0.2, 0.25) is 0 Å². The molecule has 0 spiro atoms. The van der Waals surface area contributed by atoms with Gasteiger partial charge in [-0.15, -0.1) is 0 Å². The molecule has 5 heteroatoms. The van der Waals surface area contributed by atoms with Gasteiger partial charge < -0.3 is 10.1 Å². The Bertz CT molecular complexity index is 999. The largest absolute Gasteiger partial charge is 0.467 e. The van der Waals surface area contributed by atoms with E-state index in [1.165, 1.54) is 7.11 Å². The number of unbranched alkanes of at least 4 members (excludes halogenated alkanes) is 2. The van der Waals surface area contributed by atoms with Crippen molar-refractivity contribution in [1.82, 2.24) is 5.32 Å². The van der Waals surface area contributed by atoms with Crippen molar-refractivity contribution in [3.63, 3.8) is 0 Å². The number of hydrogen-bond acceptors (Lipinski definition) is 4. The number of benzene rings is 3. The van der Waals surface area contributed by atoms with Crippen molar-refractivity contribution in [2.24, 2.45) is 0 Å². The van der Waals surface area contributed by atoms with Crippen LogP contribution in [0, 0.1) is 11.3 Å². The Hall–Kier alpha value is -3.39. The first-order chi connectivity index (χ1) is 13.7. The molecule has 0 saturated heterocycles. The second-order valence-corrected chi connectivity index (χ2v) is 6.65. The summed E-state index contributed by atoms with van der Waals surface area (Å²) >= 11 is 0. The van der Waals surface area contributed by atoms with Gasteiger partial charge in [-0.05, 0) is 46.9 Å². The molecule has 3 aromatic rings. The highest BCUT2D eigenvalue weighted by molar-refractivity contribution is 6.18. The molecule has 0 aliphatic carbocycles. The second kappa shape index (κ2) is 9.01. The number of hydrogen-bond donors (Lipinski definition) is 1. The molecule has 0 bridgehead atoms. The van der Waals surface area contributed by atoms with Crippen molar-refractivity contribution in [3.8, 4) is 6.07 Å². The quantitative estimate of drug-likeness (QED) is 0.379. The molecule has 1 amide bonds. The third-order valence-electron chi connectivity index (χ3n) is 4.82. The van der Waals surface area contributed by atoms with Crippen molar-refractivity contribution in [1.29, 1.82) is 5.26 Å². The number of carbonyl (C=O) groups excluding carboxylic acids is 2. The van der Waals surface area contributed by atoms with Crippen LogP contribution in [0.4, 0.5) is 0 Å². The molecule has 0 aliphatic heterocycles. The summed E-state index contributed by atoms with van der Waals surface area (Å²) in [5.41, 5.74) is 0.555. The van der Waals surface area contributed by atoms with Crippen LogP contribution in [0.5, 0.6) is 0 Å². The van der Waals surface area contributed by atoms with Gasteiger partial charge in [0.05, 0.1) is 18.7 Å². The minimum atomic E-state index is -0.742. The Morgan fingerprint density at radius 2 is 1.64 bits per heavy atom. The van der Waals surface area contributed by atoms with E-state index in [9.17, 15) is 9.59 Å². The average Bonchev–Trinajstić information content (AvgIpc) is 2.73. The van der Waals surface area contributed by atoms with E-state index in [2.05, 4.69) is 17.5 Å². The molecule has 0 heterocycles. The summed E-state index contributed by atoms with van der Waals surface area (Å²) in [7, 11) is 1.31. The summed E-state index contributed by atoms with van der Waals surface area (Å²) in [5, 5.41) is 15.1. The molecular weight excluding hydrogens is 352 g/mol. The minimum Gasteiger partial charge on any atom is -0.467 e. The standard InChI is InChI=1S/C23H22N2O3/c1-28-23(27)20(13-3-2-8-14-24)25-22(26)21-18-11-6-4-9-16(18)15-17-10-5-7-12-19(17)21/h4-7,9-12,15,20H,2-3,8,13H2,1H3,(H,25,26)/t20-/m0/s1. The molecule has 1 N–H and O–H groups in total. The highest BCUT2D eigenvalue weighted by Gasteiger charge is 2.23. The van der Waals surface area contributed by atoms with E-state index in [1.54, 1.807) is 0 Å². The zero-order chi connectivity index (χ0) is 19.9. The summed E-state index contributed by atoms with van der Waals surface area (Å²) in [6.07, 6.45) is 2.19. The zero-order valence-corrected chi connectivity index (χ0v) is 15.8. The lowest BCUT2D eigenvalue weighted by atomic mass is 9.96. The lowest BCUT2D eigenvalue weighted by Gasteiger charge is -2.18. The van der Waals surface area contributed by atoms with Gasteiger partial charge in [0.25, 0.3) is 5.91 Å². The van der Waals surface area contributed by atoms with Gasteiger partial charge in [0.15, 0.2) is 0 Å². The first-order valence-corrected chi connectivity index (χ1v) is 9.32. The lowest BCUT2D eigenvalue weighted by molar-refractivity contribution is -0.143. The number of nitrogens with zero attached hydrogens (tertiary/aromatic N) is 1. The Morgan fingerprint density at radius 1 is 1.04 bits per heavy atom. The van der Waals surface area contributed by atoms with E-state index < -0.39 is 12.0 Å². The van der Waals surface area contributed by atoms with E-state index >= 15 is 0 Å². The van der Waals surface area contributed by atoms with Gasteiger partial charge in [0.1, 0.15) is 6.04 Å². The van der Waals surface area contributed by atoms with Crippen LogP contribution in [-0.4, -0.2) is 25.0 Å². The fourth-order valence-electron chi connectivity index (χ4n) is 3.43. The van der Waals surface area contributed by atoms with Gasteiger partial charge in [0, 0.05) is 6.42 Å². The number of carbonyl (C=O) groups is 2. The Morgan fingerprint density at radius 3 is 2.21 bits per heavy atom. The summed E-state index contributed by atoms with van der Waals surface area (Å²) in [5.74, 6) is -0.779. The molecule has 0 aromatic heterocycles. The van der Waals surface area contributed by atoms with Crippen molar-refractivity contribution in [3.05, 3.63) is 60.2 Å². The van der Waals surface area contributed by atoms with E-state index in [1.807, 2.05) is 48.5 Å². The first kappa shape index (κ1) is 19.4. The highest BCUT2D eigenvalue weighted by atomic mass is 16.5. The maximum absolute atomic E-state index is 13.2. The summed E-state index contributed by atoms with van der Waals surface area (Å²) in [6.45, 7) is 0. The van der Waals surface area contributed by atoms with E-state index in [-0.39, 0.29) is 5.91 Å². The first-order valence-electron chi connectivity index (χ1n) is 9.32. The van der Waals surface area contributed by atoms with Crippen LogP contribution in [0.1, 0.15) is 36.0 Å². The number of amides is 1. The second-order valence-electron chi connectivity index (χ2n) is 6.65. The number of nitriles is 1. The maximum Gasteiger partial charge on any atom is 0.328 e. The fourth-order valence-corrected chi connectivity index (χ4v) is 3.43. The van der Waals surface area contributed by atoms with Gasteiger partial charge in [-0.25, -0.2) is 4.79 Å². The SMILES string of the molecule is COC(=O)[C@H](CCCCC#N)NC(=O)c1c2ccccc2cc2ccccc12. The molecule has 0 saturated carbocycles. The lowest BCUT2D eigenvalue weighted by Crippen LogP contribution is -2.41. The molecule has 0 aliphatic rings. The van der Waals surface area contributed by atoms with Gasteiger partial charge in [-0.3, -0.25) is 4.79 Å². The van der Waals surface area contributed by atoms with Gasteiger partial charge in [-0.1, -0.05) is 48.5 Å². The Balaban J connectivity index is 1.96. The molecule has 142 valence electrons. The Kier molecular flexibility index (Phi) is 6.23. The minimum absolute atomic E-state index is 0.302. The Labute approximate surface area is 163 Å². The van der Waals surface area contributed by atoms with Crippen molar-refractivity contribution >= 4 is 33.4 Å². The number of ether oxygens (including phenoxy) is 1. The van der Waals surface area contributed by atoms with Crippen LogP contribution in [-0.2, 0) is 9.53 Å². The summed E-state index contributed by atoms with van der Waals surface area (Å²) in [4.78, 5) is 25.4. The topological polar surface area (TPSA) is 79.2 Å². The molecule has 1 atom stereocenters. The predicted molar refractivity (Wildman–Crippen MR) is 109 cm³/mol. The molecule has 28 heavy (non-hydrogen) atoms. The molecule has 0 unspecified atom stereocenters. The molecule has 5 nitrogen and oxygen atoms in total. The molecule has 3 rings (SSSR count). The summed E-state index contributed by atoms with van der Waals surface area (Å²) in [6, 6.07) is 18.8. The molecular formula is C23H22N2O3. The fraction of sp³-hybridized carbons (Fsp3) is 0.261. The number of rotatable bonds is 7. The zero-order valence-electron chi connectivity index (χ0n) is 15.8. The van der Waals surface area contributed by atoms with Crippen molar-refractivity contribution in [2.75, 3.05) is 7.11 Å². The molecule has 3 aromatic carbocycles. The number of nitrogens with one attached hydrogen (secondary N) is 1. The van der Waals surface area contributed by atoms with E-state index in [4.69, 9.17) is 10.00 Å². The molecule has 0 fully saturated rings. The third kappa shape index (κ3) is 4.12. The monoisotopic (exact) mass is 374 g/mol. The highest BCUT2D eigenvalue weighted by Crippen LogP contribution is 2.28. The normalized spacial score (nSPS) is 11.7. The van der Waals surface area contributed by atoms with E-state index in [0.717, 1.165) is 21.5 Å². The third-order valence-corrected chi connectivity index (χ3v) is 4.82. The smallest absolute Gasteiger partial charge is 0.328 e. The average molecular weight is 374 g/mol. The number of fused-ring (bicyclic) bond motifs is 2. The summed E-state index contributed by atoms with van der Waals surface area (Å²) < 4.78 is 4.86. The number of methoxy groups -OCH3 is 1. The van der Waals surface area contributed by atoms with Crippen LogP contribution in [0.25, 0.3) is 21.5 Å². The van der Waals surface area contributed by atoms with Crippen LogP contribution >= 0.6 is 0 Å². The van der Waals surface area contributed by atoms with E-state index in [0.29, 0.717) is 31.2 Å². The number of esters is 1. The maximum atomic E-state index is 13.2. The van der Waals surface area contributed by atoms with Crippen LogP contribution < -0.4 is 5.32 Å². The predicted octanol–water partition coefficient (Wildman–Crippen LogP) is 4.35. The van der Waals surface area contributed by atoms with Gasteiger partial charge in [-0.2, -0.15) is 5.26 Å². The van der Waals surface area contributed by atoms with Crippen LogP contribution in [0.2, 0.25) is 0 Å². The van der Waals surface area contributed by atoms with Crippen LogP contribution in [0.3, 0.4) is 0 Å². The van der Waals surface area contributed by atoms with Crippen molar-refractivity contribution < 1.29 is 14.3 Å². The molecule has 0 radical (unpaired) electrons. The van der Waals surface area contributed by atoms with Gasteiger partial charge >= 0.3 is 5.97 Å². The van der Waals surface area contributed by atoms with Crippen molar-refractivity contribution in [2.45, 2.75) is 31.7 Å². The van der Waals surface area contributed by atoms with Crippen LogP contribution in [0.15, 0.2) is 54.6 Å².